The highest BCUT2D eigenvalue weighted by molar-refractivity contribution is 5.55. The lowest BCUT2D eigenvalue weighted by atomic mass is 9.84. The third kappa shape index (κ3) is 4.44. The van der Waals surface area contributed by atoms with E-state index in [4.69, 9.17) is 0 Å². The highest BCUT2D eigenvalue weighted by Gasteiger charge is 2.28. The summed E-state index contributed by atoms with van der Waals surface area (Å²) in [5.74, 6) is 0.521. The van der Waals surface area contributed by atoms with Crippen molar-refractivity contribution >= 4 is 5.69 Å². The van der Waals surface area contributed by atoms with Gasteiger partial charge in [-0.3, -0.25) is 0 Å². The van der Waals surface area contributed by atoms with Gasteiger partial charge in [0, 0.05) is 19.6 Å². The zero-order chi connectivity index (χ0) is 15.5. The Morgan fingerprint density at radius 3 is 2.76 bits per heavy atom. The van der Waals surface area contributed by atoms with E-state index in [0.717, 1.165) is 43.9 Å². The fraction of sp³-hybridized carbons (Fsp3) is 0.667. The van der Waals surface area contributed by atoms with Crippen LogP contribution < -0.4 is 10.2 Å². The number of nitrogens with one attached hydrogen (secondary N) is 1. The Morgan fingerprint density at radius 2 is 2.10 bits per heavy atom. The molecule has 1 aromatic carbocycles. The Bertz CT molecular complexity index is 468. The topological polar surface area (TPSA) is 15.3 Å². The first kappa shape index (κ1) is 16.3. The van der Waals surface area contributed by atoms with Crippen molar-refractivity contribution in [1.29, 1.82) is 0 Å². The van der Waals surface area contributed by atoms with Gasteiger partial charge in [-0.15, -0.1) is 0 Å². The minimum Gasteiger partial charge on any atom is -0.368 e. The molecule has 21 heavy (non-hydrogen) atoms. The van der Waals surface area contributed by atoms with Crippen LogP contribution in [-0.4, -0.2) is 19.6 Å². The lowest BCUT2D eigenvalue weighted by Gasteiger charge is -2.40. The molecular weight excluding hydrogens is 263 g/mol. The lowest BCUT2D eigenvalue weighted by Crippen LogP contribution is -2.41. The minimum atomic E-state index is -0.0865. The molecule has 1 aliphatic rings. The van der Waals surface area contributed by atoms with Crippen molar-refractivity contribution in [3.8, 4) is 0 Å². The van der Waals surface area contributed by atoms with Crippen molar-refractivity contribution < 1.29 is 4.39 Å². The molecule has 0 saturated carbocycles. The van der Waals surface area contributed by atoms with Crippen LogP contribution >= 0.6 is 0 Å². The van der Waals surface area contributed by atoms with E-state index in [-0.39, 0.29) is 11.2 Å². The van der Waals surface area contributed by atoms with Crippen molar-refractivity contribution in [3.63, 3.8) is 0 Å². The van der Waals surface area contributed by atoms with Crippen molar-refractivity contribution in [2.75, 3.05) is 24.5 Å². The van der Waals surface area contributed by atoms with Gasteiger partial charge in [-0.2, -0.15) is 0 Å². The van der Waals surface area contributed by atoms with Gasteiger partial charge in [0.05, 0.1) is 5.69 Å². The fourth-order valence-corrected chi connectivity index (χ4v) is 3.17. The van der Waals surface area contributed by atoms with Crippen LogP contribution in [0.15, 0.2) is 18.2 Å². The molecule has 1 fully saturated rings. The van der Waals surface area contributed by atoms with E-state index in [1.165, 1.54) is 6.42 Å². The molecule has 0 spiro atoms. The predicted octanol–water partition coefficient (Wildman–Crippen LogP) is 4.20. The Hall–Kier alpha value is -1.09. The molecule has 0 aromatic heterocycles. The van der Waals surface area contributed by atoms with E-state index >= 15 is 0 Å². The van der Waals surface area contributed by atoms with Crippen molar-refractivity contribution in [2.45, 2.75) is 47.1 Å². The quantitative estimate of drug-likeness (QED) is 0.875. The number of halogens is 1. The van der Waals surface area contributed by atoms with Gasteiger partial charge in [0.1, 0.15) is 5.82 Å². The highest BCUT2D eigenvalue weighted by atomic mass is 19.1. The van der Waals surface area contributed by atoms with Crippen molar-refractivity contribution in [1.82, 2.24) is 5.32 Å². The van der Waals surface area contributed by atoms with Crippen LogP contribution in [0, 0.1) is 17.2 Å². The Morgan fingerprint density at radius 1 is 1.33 bits per heavy atom. The van der Waals surface area contributed by atoms with E-state index in [0.29, 0.717) is 5.92 Å². The zero-order valence-corrected chi connectivity index (χ0v) is 13.9. The van der Waals surface area contributed by atoms with Gasteiger partial charge in [-0.25, -0.2) is 4.39 Å². The van der Waals surface area contributed by atoms with Crippen LogP contribution in [-0.2, 0) is 6.54 Å². The van der Waals surface area contributed by atoms with E-state index in [9.17, 15) is 4.39 Å². The second kappa shape index (κ2) is 6.78. The molecule has 1 N–H and O–H groups in total. The molecule has 2 rings (SSSR count). The van der Waals surface area contributed by atoms with Crippen LogP contribution in [0.25, 0.3) is 0 Å². The molecule has 0 atom stereocenters. The predicted molar refractivity (Wildman–Crippen MR) is 88.2 cm³/mol. The van der Waals surface area contributed by atoms with Gasteiger partial charge in [-0.05, 0) is 42.3 Å². The van der Waals surface area contributed by atoms with Gasteiger partial charge < -0.3 is 10.2 Å². The maximum Gasteiger partial charge on any atom is 0.146 e. The van der Waals surface area contributed by atoms with E-state index < -0.39 is 0 Å². The molecule has 1 heterocycles. The summed E-state index contributed by atoms with van der Waals surface area (Å²) < 4.78 is 14.4. The standard InChI is InChI=1S/C18H29FN2/c1-14(2)11-20-12-15-7-5-8-16(19)17(15)21-10-6-9-18(3,4)13-21/h5,7-8,14,20H,6,9-13H2,1-4H3. The molecule has 0 bridgehead atoms. The normalized spacial score (nSPS) is 18.3. The summed E-state index contributed by atoms with van der Waals surface area (Å²) in [7, 11) is 0. The van der Waals surface area contributed by atoms with Gasteiger partial charge in [0.15, 0.2) is 0 Å². The number of piperidine rings is 1. The average molecular weight is 292 g/mol. The van der Waals surface area contributed by atoms with E-state index in [2.05, 4.69) is 37.9 Å². The SMILES string of the molecule is CC(C)CNCc1cccc(F)c1N1CCCC(C)(C)C1. The number of hydrogen-bond acceptors (Lipinski definition) is 2. The second-order valence-corrected chi connectivity index (χ2v) is 7.46. The molecule has 1 aromatic rings. The van der Waals surface area contributed by atoms with Crippen molar-refractivity contribution in [3.05, 3.63) is 29.6 Å². The molecule has 0 aliphatic carbocycles. The largest absolute Gasteiger partial charge is 0.368 e. The van der Waals surface area contributed by atoms with Crippen LogP contribution in [0.4, 0.5) is 10.1 Å². The first-order chi connectivity index (χ1) is 9.89. The summed E-state index contributed by atoms with van der Waals surface area (Å²) >= 11 is 0. The third-order valence-electron chi connectivity index (χ3n) is 4.16. The molecule has 1 saturated heterocycles. The van der Waals surface area contributed by atoms with Gasteiger partial charge >= 0.3 is 0 Å². The second-order valence-electron chi connectivity index (χ2n) is 7.46. The Kier molecular flexibility index (Phi) is 5.26. The van der Waals surface area contributed by atoms with Crippen LogP contribution in [0.2, 0.25) is 0 Å². The van der Waals surface area contributed by atoms with Gasteiger partial charge in [0.25, 0.3) is 0 Å². The number of rotatable bonds is 5. The first-order valence-corrected chi connectivity index (χ1v) is 8.12. The molecule has 0 amide bonds. The van der Waals surface area contributed by atoms with Gasteiger partial charge in [0.2, 0.25) is 0 Å². The summed E-state index contributed by atoms with van der Waals surface area (Å²) in [5, 5.41) is 3.44. The smallest absolute Gasteiger partial charge is 0.146 e. The monoisotopic (exact) mass is 292 g/mol. The lowest BCUT2D eigenvalue weighted by molar-refractivity contribution is 0.291. The minimum absolute atomic E-state index is 0.0865. The molecule has 3 heteroatoms. The summed E-state index contributed by atoms with van der Waals surface area (Å²) in [6.45, 7) is 12.5. The molecule has 2 nitrogen and oxygen atoms in total. The van der Waals surface area contributed by atoms with Crippen LogP contribution in [0.3, 0.4) is 0 Å². The van der Waals surface area contributed by atoms with Crippen LogP contribution in [0.1, 0.15) is 46.1 Å². The summed E-state index contributed by atoms with van der Waals surface area (Å²) in [6, 6.07) is 5.45. The summed E-state index contributed by atoms with van der Waals surface area (Å²) in [5.41, 5.74) is 2.15. The highest BCUT2D eigenvalue weighted by Crippen LogP contribution is 2.34. The van der Waals surface area contributed by atoms with Crippen molar-refractivity contribution in [2.24, 2.45) is 11.3 Å². The summed E-state index contributed by atoms with van der Waals surface area (Å²) in [4.78, 5) is 2.24. The maximum atomic E-state index is 14.4. The number of anilines is 1. The molecular formula is C18H29FN2. The number of benzene rings is 1. The Labute approximate surface area is 128 Å². The number of hydrogen-bond donors (Lipinski definition) is 1. The van der Waals surface area contributed by atoms with Gasteiger partial charge in [-0.1, -0.05) is 39.8 Å². The third-order valence-corrected chi connectivity index (χ3v) is 4.16. The first-order valence-electron chi connectivity index (χ1n) is 8.12. The maximum absolute atomic E-state index is 14.4. The molecule has 0 radical (unpaired) electrons. The van der Waals surface area contributed by atoms with Crippen LogP contribution in [0.5, 0.6) is 0 Å². The molecule has 1 aliphatic heterocycles. The fourth-order valence-electron chi connectivity index (χ4n) is 3.17. The summed E-state index contributed by atoms with van der Waals surface area (Å²) in [6.07, 6.45) is 2.36. The zero-order valence-electron chi connectivity index (χ0n) is 13.9. The molecule has 0 unspecified atom stereocenters. The molecule has 118 valence electrons. The Balaban J connectivity index is 2.17. The number of para-hydroxylation sites is 1. The van der Waals surface area contributed by atoms with E-state index in [1.54, 1.807) is 6.07 Å². The van der Waals surface area contributed by atoms with E-state index in [1.807, 2.05) is 12.1 Å². The number of nitrogens with zero attached hydrogens (tertiary/aromatic N) is 1. The average Bonchev–Trinajstić information content (AvgIpc) is 2.37.